The fourth-order valence-corrected chi connectivity index (χ4v) is 1.67. The largest absolute Gasteiger partial charge is 0.345 e. The number of aliphatic imine (C=N–C) groups is 2. The van der Waals surface area contributed by atoms with Gasteiger partial charge in [0.2, 0.25) is 5.91 Å². The summed E-state index contributed by atoms with van der Waals surface area (Å²) in [4.78, 5) is 20.5. The van der Waals surface area contributed by atoms with Gasteiger partial charge in [-0.3, -0.25) is 9.79 Å². The number of carbonyl (C=O) groups is 1. The van der Waals surface area contributed by atoms with Gasteiger partial charge in [0.1, 0.15) is 5.84 Å². The molecule has 2 aliphatic rings. The molecular formula is C12H19N3O. The van der Waals surface area contributed by atoms with Gasteiger partial charge in [-0.1, -0.05) is 20.8 Å². The van der Waals surface area contributed by atoms with Crippen LogP contribution < -0.4 is 5.32 Å². The number of hydrogen-bond acceptors (Lipinski definition) is 3. The van der Waals surface area contributed by atoms with E-state index in [0.29, 0.717) is 12.5 Å². The fraction of sp³-hybridized carbons (Fsp3) is 0.750. The smallest absolute Gasteiger partial charge is 0.225 e. The molecule has 1 heterocycles. The number of hydrogen-bond donors (Lipinski definition) is 1. The molecule has 1 atom stereocenters. The summed E-state index contributed by atoms with van der Waals surface area (Å²) in [5.74, 6) is 1.43. The molecule has 2 rings (SSSR count). The summed E-state index contributed by atoms with van der Waals surface area (Å²) < 4.78 is 0. The number of amides is 1. The van der Waals surface area contributed by atoms with E-state index >= 15 is 0 Å². The van der Waals surface area contributed by atoms with Crippen molar-refractivity contribution in [1.82, 2.24) is 5.32 Å². The highest BCUT2D eigenvalue weighted by Gasteiger charge is 2.37. The summed E-state index contributed by atoms with van der Waals surface area (Å²) >= 11 is 0. The van der Waals surface area contributed by atoms with Gasteiger partial charge in [0.25, 0.3) is 0 Å². The van der Waals surface area contributed by atoms with Crippen molar-refractivity contribution in [2.24, 2.45) is 21.3 Å². The average molecular weight is 221 g/mol. The van der Waals surface area contributed by atoms with Gasteiger partial charge in [0, 0.05) is 11.6 Å². The first-order chi connectivity index (χ1) is 7.48. The van der Waals surface area contributed by atoms with E-state index in [1.54, 1.807) is 6.21 Å². The minimum absolute atomic E-state index is 0.0328. The van der Waals surface area contributed by atoms with Crippen molar-refractivity contribution in [3.8, 4) is 0 Å². The van der Waals surface area contributed by atoms with Gasteiger partial charge >= 0.3 is 0 Å². The molecule has 4 heteroatoms. The molecule has 16 heavy (non-hydrogen) atoms. The molecule has 0 aromatic carbocycles. The fourth-order valence-electron chi connectivity index (χ4n) is 1.67. The van der Waals surface area contributed by atoms with E-state index in [4.69, 9.17) is 0 Å². The molecule has 0 aromatic heterocycles. The third-order valence-electron chi connectivity index (χ3n) is 2.90. The molecule has 0 aromatic rings. The molecular weight excluding hydrogens is 202 g/mol. The maximum Gasteiger partial charge on any atom is 0.225 e. The van der Waals surface area contributed by atoms with Crippen LogP contribution in [0.5, 0.6) is 0 Å². The molecule has 1 unspecified atom stereocenters. The maximum absolute atomic E-state index is 11.9. The quantitative estimate of drug-likeness (QED) is 0.769. The van der Waals surface area contributed by atoms with Crippen molar-refractivity contribution in [2.45, 2.75) is 39.7 Å². The molecule has 0 spiro atoms. The summed E-state index contributed by atoms with van der Waals surface area (Å²) in [5, 5.41) is 3.08. The summed E-state index contributed by atoms with van der Waals surface area (Å²) in [6, 6.07) is 0.0328. The van der Waals surface area contributed by atoms with Crippen LogP contribution in [0, 0.1) is 11.3 Å². The van der Waals surface area contributed by atoms with E-state index < -0.39 is 0 Å². The average Bonchev–Trinajstić information content (AvgIpc) is 2.88. The van der Waals surface area contributed by atoms with E-state index in [9.17, 15) is 4.79 Å². The summed E-state index contributed by atoms with van der Waals surface area (Å²) in [6.07, 6.45) is 4.14. The van der Waals surface area contributed by atoms with Gasteiger partial charge < -0.3 is 5.32 Å². The summed E-state index contributed by atoms with van der Waals surface area (Å²) in [5.41, 5.74) is -0.351. The van der Waals surface area contributed by atoms with Crippen LogP contribution in [0.3, 0.4) is 0 Å². The minimum atomic E-state index is -0.351. The van der Waals surface area contributed by atoms with Crippen LogP contribution >= 0.6 is 0 Å². The Morgan fingerprint density at radius 2 is 2.19 bits per heavy atom. The highest BCUT2D eigenvalue weighted by Crippen LogP contribution is 2.34. The molecule has 0 radical (unpaired) electrons. The van der Waals surface area contributed by atoms with E-state index in [0.717, 1.165) is 5.84 Å². The van der Waals surface area contributed by atoms with Crippen molar-refractivity contribution in [2.75, 3.05) is 6.54 Å². The molecule has 1 amide bonds. The third kappa shape index (κ3) is 2.49. The Morgan fingerprint density at radius 1 is 1.50 bits per heavy atom. The van der Waals surface area contributed by atoms with Crippen molar-refractivity contribution in [1.29, 1.82) is 0 Å². The van der Waals surface area contributed by atoms with Crippen LogP contribution in [-0.4, -0.2) is 30.5 Å². The van der Waals surface area contributed by atoms with Gasteiger partial charge in [-0.25, -0.2) is 4.99 Å². The first-order valence-corrected chi connectivity index (χ1v) is 5.86. The summed E-state index contributed by atoms with van der Waals surface area (Å²) in [7, 11) is 0. The zero-order valence-corrected chi connectivity index (χ0v) is 10.2. The lowest BCUT2D eigenvalue weighted by Gasteiger charge is -2.23. The van der Waals surface area contributed by atoms with Crippen LogP contribution in [0.2, 0.25) is 0 Å². The van der Waals surface area contributed by atoms with Gasteiger partial charge in [0.05, 0.1) is 12.6 Å². The van der Waals surface area contributed by atoms with Crippen molar-refractivity contribution in [3.05, 3.63) is 0 Å². The number of carbonyl (C=O) groups excluding carboxylic acids is 1. The monoisotopic (exact) mass is 221 g/mol. The lowest BCUT2D eigenvalue weighted by atomic mass is 9.94. The van der Waals surface area contributed by atoms with Gasteiger partial charge in [-0.15, -0.1) is 0 Å². The minimum Gasteiger partial charge on any atom is -0.345 e. The molecule has 1 aliphatic heterocycles. The SMILES string of the molecule is CC(C)(C)C(=O)NC(C1=NCC=N1)C1CC1. The lowest BCUT2D eigenvalue weighted by Crippen LogP contribution is -2.46. The topological polar surface area (TPSA) is 53.8 Å². The lowest BCUT2D eigenvalue weighted by molar-refractivity contribution is -0.128. The molecule has 0 bridgehead atoms. The standard InChI is InChI=1S/C12H19N3O/c1-12(2,3)11(16)15-9(8-4-5-8)10-13-6-7-14-10/h6,8-9H,4-5,7H2,1-3H3,(H,15,16). The molecule has 0 saturated heterocycles. The van der Waals surface area contributed by atoms with E-state index in [1.165, 1.54) is 12.8 Å². The van der Waals surface area contributed by atoms with Crippen molar-refractivity contribution >= 4 is 18.0 Å². The Balaban J connectivity index is 2.04. The van der Waals surface area contributed by atoms with E-state index in [2.05, 4.69) is 15.3 Å². The first-order valence-electron chi connectivity index (χ1n) is 5.86. The van der Waals surface area contributed by atoms with E-state index in [1.807, 2.05) is 20.8 Å². The van der Waals surface area contributed by atoms with Gasteiger partial charge in [-0.2, -0.15) is 0 Å². The molecule has 1 saturated carbocycles. The molecule has 88 valence electrons. The molecule has 1 N–H and O–H groups in total. The van der Waals surface area contributed by atoms with E-state index in [-0.39, 0.29) is 17.4 Å². The highest BCUT2D eigenvalue weighted by molar-refractivity contribution is 6.00. The van der Waals surface area contributed by atoms with Gasteiger partial charge in [-0.05, 0) is 18.8 Å². The van der Waals surface area contributed by atoms with Crippen LogP contribution in [0.15, 0.2) is 9.98 Å². The van der Waals surface area contributed by atoms with Crippen LogP contribution in [0.25, 0.3) is 0 Å². The Hall–Kier alpha value is -1.19. The summed E-state index contributed by atoms with van der Waals surface area (Å²) in [6.45, 7) is 6.42. The Bertz CT molecular complexity index is 348. The maximum atomic E-state index is 11.9. The predicted octanol–water partition coefficient (Wildman–Crippen LogP) is 1.41. The number of nitrogens with one attached hydrogen (secondary N) is 1. The third-order valence-corrected chi connectivity index (χ3v) is 2.90. The molecule has 1 aliphatic carbocycles. The number of rotatable bonds is 3. The zero-order valence-electron chi connectivity index (χ0n) is 10.2. The van der Waals surface area contributed by atoms with Crippen LogP contribution in [-0.2, 0) is 4.79 Å². The predicted molar refractivity (Wildman–Crippen MR) is 64.9 cm³/mol. The van der Waals surface area contributed by atoms with Crippen molar-refractivity contribution in [3.63, 3.8) is 0 Å². The number of amidine groups is 1. The number of nitrogens with zero attached hydrogens (tertiary/aromatic N) is 2. The van der Waals surface area contributed by atoms with Crippen molar-refractivity contribution < 1.29 is 4.79 Å². The highest BCUT2D eigenvalue weighted by atomic mass is 16.2. The first kappa shape index (κ1) is 11.3. The Kier molecular flexibility index (Phi) is 2.82. The second kappa shape index (κ2) is 4.00. The van der Waals surface area contributed by atoms with Crippen LogP contribution in [0.1, 0.15) is 33.6 Å². The second-order valence-corrected chi connectivity index (χ2v) is 5.55. The Morgan fingerprint density at radius 3 is 2.62 bits per heavy atom. The normalized spacial score (nSPS) is 21.8. The Labute approximate surface area is 96.2 Å². The molecule has 4 nitrogen and oxygen atoms in total. The van der Waals surface area contributed by atoms with Gasteiger partial charge in [0.15, 0.2) is 0 Å². The molecule has 1 fully saturated rings. The van der Waals surface area contributed by atoms with Crippen LogP contribution in [0.4, 0.5) is 0 Å². The zero-order chi connectivity index (χ0) is 11.8. The second-order valence-electron chi connectivity index (χ2n) is 5.55.